The van der Waals surface area contributed by atoms with Crippen LogP contribution in [0.25, 0.3) is 0 Å². The van der Waals surface area contributed by atoms with E-state index in [1.807, 2.05) is 30.3 Å². The van der Waals surface area contributed by atoms with Crippen molar-refractivity contribution >= 4 is 11.4 Å². The second kappa shape index (κ2) is 5.04. The van der Waals surface area contributed by atoms with Crippen molar-refractivity contribution in [3.8, 4) is 0 Å². The van der Waals surface area contributed by atoms with E-state index in [-0.39, 0.29) is 0 Å². The predicted octanol–water partition coefficient (Wildman–Crippen LogP) is 2.96. The Morgan fingerprint density at radius 1 is 1.35 bits per heavy atom. The lowest BCUT2D eigenvalue weighted by molar-refractivity contribution is 0.281. The molecule has 0 aromatic heterocycles. The summed E-state index contributed by atoms with van der Waals surface area (Å²) in [6.07, 6.45) is 3.98. The van der Waals surface area contributed by atoms with E-state index in [0.717, 1.165) is 24.4 Å². The second-order valence-electron chi connectivity index (χ2n) is 4.82. The van der Waals surface area contributed by atoms with Gasteiger partial charge >= 0.3 is 0 Å². The summed E-state index contributed by atoms with van der Waals surface area (Å²) in [5.74, 6) is 1.71. The molecular formula is C14H19N3. The average Bonchev–Trinajstić information content (AvgIpc) is 2.26. The molecule has 0 amide bonds. The lowest BCUT2D eigenvalue weighted by atomic mass is 9.73. The molecule has 17 heavy (non-hydrogen) atoms. The quantitative estimate of drug-likeness (QED) is 0.695. The van der Waals surface area contributed by atoms with Crippen molar-refractivity contribution in [1.29, 1.82) is 5.41 Å². The van der Waals surface area contributed by atoms with E-state index in [2.05, 4.69) is 12.2 Å². The fourth-order valence-electron chi connectivity index (χ4n) is 2.17. The highest BCUT2D eigenvalue weighted by molar-refractivity contribution is 5.95. The molecule has 3 nitrogen and oxygen atoms in total. The molecule has 1 fully saturated rings. The molecule has 1 saturated carbocycles. The van der Waals surface area contributed by atoms with E-state index in [4.69, 9.17) is 11.1 Å². The molecule has 0 heterocycles. The summed E-state index contributed by atoms with van der Waals surface area (Å²) in [5, 5.41) is 11.0. The van der Waals surface area contributed by atoms with Gasteiger partial charge < -0.3 is 16.5 Å². The third kappa shape index (κ3) is 3.09. The Kier molecular flexibility index (Phi) is 3.47. The highest BCUT2D eigenvalue weighted by Crippen LogP contribution is 2.34. The zero-order valence-electron chi connectivity index (χ0n) is 10.1. The highest BCUT2D eigenvalue weighted by atomic mass is 15.0. The van der Waals surface area contributed by atoms with Crippen LogP contribution in [0.1, 0.15) is 19.8 Å². The molecule has 1 aromatic rings. The zero-order chi connectivity index (χ0) is 12.3. The summed E-state index contributed by atoms with van der Waals surface area (Å²) in [6.45, 7) is 2.22. The number of nitrogens with two attached hydrogens (primary N) is 1. The van der Waals surface area contributed by atoms with Gasteiger partial charge in [-0.3, -0.25) is 0 Å². The van der Waals surface area contributed by atoms with Crippen molar-refractivity contribution in [2.45, 2.75) is 19.8 Å². The number of rotatable bonds is 4. The van der Waals surface area contributed by atoms with E-state index < -0.39 is 0 Å². The minimum absolute atomic E-state index is 0.404. The van der Waals surface area contributed by atoms with E-state index >= 15 is 0 Å². The van der Waals surface area contributed by atoms with Gasteiger partial charge in [0, 0.05) is 17.3 Å². The van der Waals surface area contributed by atoms with Gasteiger partial charge in [-0.1, -0.05) is 25.1 Å². The van der Waals surface area contributed by atoms with Gasteiger partial charge in [-0.25, -0.2) is 0 Å². The Bertz CT molecular complexity index is 416. The third-order valence-corrected chi connectivity index (χ3v) is 3.19. The van der Waals surface area contributed by atoms with Crippen LogP contribution in [0.2, 0.25) is 0 Å². The van der Waals surface area contributed by atoms with Crippen molar-refractivity contribution in [1.82, 2.24) is 0 Å². The standard InChI is InChI=1S/C14H19N3/c1-10-7-11(8-10)13(15)9-14(16)17-12-5-3-2-4-6-12/h2-6,9-11,15,17H,7-8,16H2,1H3/b14-9-,15-13?. The van der Waals surface area contributed by atoms with Gasteiger partial charge in [0.25, 0.3) is 0 Å². The number of hydrogen-bond acceptors (Lipinski definition) is 3. The molecule has 0 bridgehead atoms. The van der Waals surface area contributed by atoms with Gasteiger partial charge in [0.05, 0.1) is 0 Å². The van der Waals surface area contributed by atoms with Crippen LogP contribution in [-0.2, 0) is 0 Å². The van der Waals surface area contributed by atoms with Crippen LogP contribution in [-0.4, -0.2) is 5.71 Å². The first-order valence-electron chi connectivity index (χ1n) is 6.03. The minimum atomic E-state index is 0.404. The normalized spacial score (nSPS) is 23.9. The first-order chi connectivity index (χ1) is 8.15. The molecule has 1 aliphatic carbocycles. The number of para-hydroxylation sites is 1. The predicted molar refractivity (Wildman–Crippen MR) is 71.9 cm³/mol. The van der Waals surface area contributed by atoms with Crippen molar-refractivity contribution in [2.24, 2.45) is 17.6 Å². The van der Waals surface area contributed by atoms with Crippen LogP contribution in [0.3, 0.4) is 0 Å². The number of allylic oxidation sites excluding steroid dienone is 1. The Balaban J connectivity index is 1.91. The molecule has 2 rings (SSSR count). The topological polar surface area (TPSA) is 61.9 Å². The molecule has 0 radical (unpaired) electrons. The molecule has 4 N–H and O–H groups in total. The Morgan fingerprint density at radius 3 is 2.59 bits per heavy atom. The summed E-state index contributed by atoms with van der Waals surface area (Å²) >= 11 is 0. The van der Waals surface area contributed by atoms with Gasteiger partial charge in [-0.2, -0.15) is 0 Å². The molecular weight excluding hydrogens is 210 g/mol. The first-order valence-corrected chi connectivity index (χ1v) is 6.03. The molecule has 0 unspecified atom stereocenters. The molecule has 90 valence electrons. The molecule has 1 aliphatic rings. The first kappa shape index (κ1) is 11.7. The fraction of sp³-hybridized carbons (Fsp3) is 0.357. The monoisotopic (exact) mass is 229 g/mol. The summed E-state index contributed by atoms with van der Waals surface area (Å²) in [6, 6.07) is 9.78. The summed E-state index contributed by atoms with van der Waals surface area (Å²) < 4.78 is 0. The van der Waals surface area contributed by atoms with Gasteiger partial charge in [0.2, 0.25) is 0 Å². The van der Waals surface area contributed by atoms with Crippen LogP contribution in [0.4, 0.5) is 5.69 Å². The zero-order valence-corrected chi connectivity index (χ0v) is 10.1. The summed E-state index contributed by atoms with van der Waals surface area (Å²) in [7, 11) is 0. The largest absolute Gasteiger partial charge is 0.385 e. The van der Waals surface area contributed by atoms with E-state index in [1.165, 1.54) is 0 Å². The van der Waals surface area contributed by atoms with Gasteiger partial charge in [0.15, 0.2) is 0 Å². The van der Waals surface area contributed by atoms with Crippen LogP contribution < -0.4 is 11.1 Å². The maximum Gasteiger partial charge on any atom is 0.102 e. The second-order valence-corrected chi connectivity index (χ2v) is 4.82. The maximum absolute atomic E-state index is 7.94. The van der Waals surface area contributed by atoms with Crippen molar-refractivity contribution in [3.63, 3.8) is 0 Å². The van der Waals surface area contributed by atoms with Crippen LogP contribution in [0.15, 0.2) is 42.2 Å². The third-order valence-electron chi connectivity index (χ3n) is 3.19. The van der Waals surface area contributed by atoms with E-state index in [9.17, 15) is 0 Å². The molecule has 0 aliphatic heterocycles. The van der Waals surface area contributed by atoms with Gasteiger partial charge in [-0.05, 0) is 37.0 Å². The minimum Gasteiger partial charge on any atom is -0.385 e. The van der Waals surface area contributed by atoms with Crippen LogP contribution in [0, 0.1) is 17.2 Å². The average molecular weight is 229 g/mol. The van der Waals surface area contributed by atoms with Crippen LogP contribution in [0.5, 0.6) is 0 Å². The lowest BCUT2D eigenvalue weighted by Crippen LogP contribution is -2.28. The maximum atomic E-state index is 7.94. The fourth-order valence-corrected chi connectivity index (χ4v) is 2.17. The molecule has 0 atom stereocenters. The number of hydrogen-bond donors (Lipinski definition) is 3. The summed E-state index contributed by atoms with van der Waals surface area (Å²) in [5.41, 5.74) is 7.46. The Morgan fingerprint density at radius 2 is 2.00 bits per heavy atom. The molecule has 0 spiro atoms. The SMILES string of the molecule is CC1CC(C(=N)/C=C(/N)Nc2ccccc2)C1. The van der Waals surface area contributed by atoms with Gasteiger partial charge in [-0.15, -0.1) is 0 Å². The molecule has 0 saturated heterocycles. The number of anilines is 1. The highest BCUT2D eigenvalue weighted by Gasteiger charge is 2.27. The molecule has 3 heteroatoms. The van der Waals surface area contributed by atoms with E-state index in [1.54, 1.807) is 6.08 Å². The Labute approximate surface area is 102 Å². The molecule has 1 aromatic carbocycles. The lowest BCUT2D eigenvalue weighted by Gasteiger charge is -2.32. The Hall–Kier alpha value is -1.77. The number of nitrogens with one attached hydrogen (secondary N) is 2. The van der Waals surface area contributed by atoms with Crippen molar-refractivity contribution < 1.29 is 0 Å². The van der Waals surface area contributed by atoms with Crippen LogP contribution >= 0.6 is 0 Å². The van der Waals surface area contributed by atoms with E-state index in [0.29, 0.717) is 17.5 Å². The van der Waals surface area contributed by atoms with Crippen molar-refractivity contribution in [2.75, 3.05) is 5.32 Å². The van der Waals surface area contributed by atoms with Gasteiger partial charge in [0.1, 0.15) is 5.82 Å². The number of benzene rings is 1. The summed E-state index contributed by atoms with van der Waals surface area (Å²) in [4.78, 5) is 0. The van der Waals surface area contributed by atoms with Crippen molar-refractivity contribution in [3.05, 3.63) is 42.2 Å². The smallest absolute Gasteiger partial charge is 0.102 e.